The van der Waals surface area contributed by atoms with Gasteiger partial charge in [-0.1, -0.05) is 6.07 Å². The van der Waals surface area contributed by atoms with Gasteiger partial charge in [-0.25, -0.2) is 0 Å². The van der Waals surface area contributed by atoms with Crippen LogP contribution in [0.2, 0.25) is 0 Å². The van der Waals surface area contributed by atoms with Crippen LogP contribution < -0.4 is 10.5 Å². The van der Waals surface area contributed by atoms with Gasteiger partial charge < -0.3 is 10.5 Å². The van der Waals surface area contributed by atoms with E-state index in [1.54, 1.807) is 17.9 Å². The molecule has 84 valence electrons. The molecule has 0 amide bonds. The first kappa shape index (κ1) is 11.0. The zero-order valence-corrected chi connectivity index (χ0v) is 10.7. The summed E-state index contributed by atoms with van der Waals surface area (Å²) in [6.07, 6.45) is 1.71. The number of anilines is 1. The minimum Gasteiger partial charge on any atom is -0.435 e. The van der Waals surface area contributed by atoms with Crippen LogP contribution >= 0.6 is 15.9 Å². The fourth-order valence-electron chi connectivity index (χ4n) is 1.36. The average molecular weight is 282 g/mol. The SMILES string of the molecule is Cc1ccc(Oc2nn(C)cc2N)c(Br)c1. The first-order valence-corrected chi connectivity index (χ1v) is 5.58. The quantitative estimate of drug-likeness (QED) is 0.921. The summed E-state index contributed by atoms with van der Waals surface area (Å²) in [5, 5.41) is 4.12. The van der Waals surface area contributed by atoms with Crippen LogP contribution in [-0.4, -0.2) is 9.78 Å². The lowest BCUT2D eigenvalue weighted by atomic mass is 10.2. The molecule has 0 unspecified atom stereocenters. The largest absolute Gasteiger partial charge is 0.435 e. The van der Waals surface area contributed by atoms with E-state index in [1.807, 2.05) is 25.1 Å². The van der Waals surface area contributed by atoms with Crippen molar-refractivity contribution < 1.29 is 4.74 Å². The molecular formula is C11H12BrN3O. The highest BCUT2D eigenvalue weighted by atomic mass is 79.9. The maximum absolute atomic E-state index is 5.75. The molecule has 5 heteroatoms. The Labute approximate surface area is 102 Å². The number of hydrogen-bond acceptors (Lipinski definition) is 3. The Balaban J connectivity index is 2.30. The predicted octanol–water partition coefficient (Wildman–Crippen LogP) is 2.87. The Bertz CT molecular complexity index is 522. The Morgan fingerprint density at radius 2 is 2.19 bits per heavy atom. The summed E-state index contributed by atoms with van der Waals surface area (Å²) in [5.74, 6) is 1.13. The molecule has 0 aliphatic carbocycles. The van der Waals surface area contributed by atoms with Gasteiger partial charge in [-0.15, -0.1) is 5.10 Å². The van der Waals surface area contributed by atoms with Gasteiger partial charge in [-0.05, 0) is 40.5 Å². The molecule has 0 atom stereocenters. The molecule has 1 aromatic carbocycles. The fourth-order valence-corrected chi connectivity index (χ4v) is 1.93. The van der Waals surface area contributed by atoms with E-state index in [-0.39, 0.29) is 0 Å². The van der Waals surface area contributed by atoms with Crippen molar-refractivity contribution in [3.8, 4) is 11.6 Å². The zero-order chi connectivity index (χ0) is 11.7. The van der Waals surface area contributed by atoms with Crippen molar-refractivity contribution in [1.82, 2.24) is 9.78 Å². The lowest BCUT2D eigenvalue weighted by molar-refractivity contribution is 0.453. The normalized spacial score (nSPS) is 10.4. The highest BCUT2D eigenvalue weighted by molar-refractivity contribution is 9.10. The van der Waals surface area contributed by atoms with Gasteiger partial charge in [0.15, 0.2) is 0 Å². The van der Waals surface area contributed by atoms with E-state index in [0.29, 0.717) is 17.3 Å². The van der Waals surface area contributed by atoms with Crippen molar-refractivity contribution in [3.63, 3.8) is 0 Å². The van der Waals surface area contributed by atoms with Crippen molar-refractivity contribution in [3.05, 3.63) is 34.4 Å². The summed E-state index contributed by atoms with van der Waals surface area (Å²) >= 11 is 3.44. The maximum atomic E-state index is 5.75. The summed E-state index contributed by atoms with van der Waals surface area (Å²) in [5.41, 5.74) is 7.43. The molecule has 0 spiro atoms. The third kappa shape index (κ3) is 2.19. The number of ether oxygens (including phenoxy) is 1. The Morgan fingerprint density at radius 3 is 2.75 bits per heavy atom. The molecule has 1 heterocycles. The molecule has 0 bridgehead atoms. The van der Waals surface area contributed by atoms with E-state index in [0.717, 1.165) is 10.0 Å². The number of rotatable bonds is 2. The lowest BCUT2D eigenvalue weighted by Crippen LogP contribution is -1.92. The number of aryl methyl sites for hydroxylation is 2. The Kier molecular flexibility index (Phi) is 2.87. The summed E-state index contributed by atoms with van der Waals surface area (Å²) < 4.78 is 8.12. The minimum atomic E-state index is 0.423. The molecule has 2 rings (SSSR count). The van der Waals surface area contributed by atoms with Gasteiger partial charge in [0.25, 0.3) is 5.88 Å². The predicted molar refractivity (Wildman–Crippen MR) is 66.6 cm³/mol. The summed E-state index contributed by atoms with van der Waals surface area (Å²) in [4.78, 5) is 0. The Morgan fingerprint density at radius 1 is 1.44 bits per heavy atom. The molecule has 16 heavy (non-hydrogen) atoms. The first-order valence-electron chi connectivity index (χ1n) is 4.79. The number of nitrogens with two attached hydrogens (primary N) is 1. The summed E-state index contributed by atoms with van der Waals surface area (Å²) in [6.45, 7) is 2.02. The second-order valence-corrected chi connectivity index (χ2v) is 4.45. The zero-order valence-electron chi connectivity index (χ0n) is 9.07. The molecular weight excluding hydrogens is 270 g/mol. The van der Waals surface area contributed by atoms with E-state index < -0.39 is 0 Å². The lowest BCUT2D eigenvalue weighted by Gasteiger charge is -2.06. The molecule has 1 aromatic heterocycles. The molecule has 0 aliphatic rings. The highest BCUT2D eigenvalue weighted by Gasteiger charge is 2.09. The van der Waals surface area contributed by atoms with E-state index in [4.69, 9.17) is 10.5 Å². The van der Waals surface area contributed by atoms with E-state index in [9.17, 15) is 0 Å². The number of hydrogen-bond donors (Lipinski definition) is 1. The molecule has 4 nitrogen and oxygen atoms in total. The minimum absolute atomic E-state index is 0.423. The number of nitrogen functional groups attached to an aromatic ring is 1. The molecule has 0 fully saturated rings. The smallest absolute Gasteiger partial charge is 0.261 e. The van der Waals surface area contributed by atoms with Gasteiger partial charge in [-0.3, -0.25) is 4.68 Å². The highest BCUT2D eigenvalue weighted by Crippen LogP contribution is 2.31. The van der Waals surface area contributed by atoms with Gasteiger partial charge in [0.05, 0.1) is 10.7 Å². The Hall–Kier alpha value is -1.49. The van der Waals surface area contributed by atoms with Crippen LogP contribution in [0.3, 0.4) is 0 Å². The van der Waals surface area contributed by atoms with Gasteiger partial charge in [0, 0.05) is 7.05 Å². The van der Waals surface area contributed by atoms with Crippen LogP contribution in [0.5, 0.6) is 11.6 Å². The molecule has 2 N–H and O–H groups in total. The van der Waals surface area contributed by atoms with E-state index in [1.165, 1.54) is 0 Å². The third-order valence-electron chi connectivity index (χ3n) is 2.12. The van der Waals surface area contributed by atoms with Crippen molar-refractivity contribution in [2.45, 2.75) is 6.92 Å². The van der Waals surface area contributed by atoms with Crippen LogP contribution in [-0.2, 0) is 7.05 Å². The van der Waals surface area contributed by atoms with Crippen LogP contribution in [0.25, 0.3) is 0 Å². The van der Waals surface area contributed by atoms with Crippen molar-refractivity contribution >= 4 is 21.6 Å². The number of halogens is 1. The van der Waals surface area contributed by atoms with Crippen molar-refractivity contribution in [1.29, 1.82) is 0 Å². The third-order valence-corrected chi connectivity index (χ3v) is 2.74. The number of nitrogens with zero attached hydrogens (tertiary/aromatic N) is 2. The van der Waals surface area contributed by atoms with Crippen LogP contribution in [0, 0.1) is 6.92 Å². The van der Waals surface area contributed by atoms with Gasteiger partial charge in [0.2, 0.25) is 0 Å². The van der Waals surface area contributed by atoms with E-state index >= 15 is 0 Å². The fraction of sp³-hybridized carbons (Fsp3) is 0.182. The first-order chi connectivity index (χ1) is 7.56. The molecule has 2 aromatic rings. The number of benzene rings is 1. The van der Waals surface area contributed by atoms with Crippen molar-refractivity contribution in [2.24, 2.45) is 7.05 Å². The monoisotopic (exact) mass is 281 g/mol. The summed E-state index contributed by atoms with van der Waals surface area (Å²) in [7, 11) is 1.80. The summed E-state index contributed by atoms with van der Waals surface area (Å²) in [6, 6.07) is 5.83. The van der Waals surface area contributed by atoms with Crippen LogP contribution in [0.15, 0.2) is 28.9 Å². The molecule has 0 saturated carbocycles. The average Bonchev–Trinajstić information content (AvgIpc) is 2.50. The molecule has 0 saturated heterocycles. The van der Waals surface area contributed by atoms with Gasteiger partial charge in [0.1, 0.15) is 11.4 Å². The second-order valence-electron chi connectivity index (χ2n) is 3.60. The van der Waals surface area contributed by atoms with Gasteiger partial charge in [-0.2, -0.15) is 0 Å². The molecule has 0 aliphatic heterocycles. The van der Waals surface area contributed by atoms with E-state index in [2.05, 4.69) is 21.0 Å². The van der Waals surface area contributed by atoms with Crippen LogP contribution in [0.4, 0.5) is 5.69 Å². The molecule has 0 radical (unpaired) electrons. The topological polar surface area (TPSA) is 53.1 Å². The second kappa shape index (κ2) is 4.17. The maximum Gasteiger partial charge on any atom is 0.261 e. The van der Waals surface area contributed by atoms with Gasteiger partial charge >= 0.3 is 0 Å². The standard InChI is InChI=1S/C11H12BrN3O/c1-7-3-4-10(8(12)5-7)16-11-9(13)6-15(2)14-11/h3-6H,13H2,1-2H3. The van der Waals surface area contributed by atoms with Crippen LogP contribution in [0.1, 0.15) is 5.56 Å². The van der Waals surface area contributed by atoms with Crippen molar-refractivity contribution in [2.75, 3.05) is 5.73 Å². The number of aromatic nitrogens is 2.